The number of halogens is 3. The average Bonchev–Trinajstić information content (AvgIpc) is 3.18. The van der Waals surface area contributed by atoms with E-state index in [9.17, 15) is 4.79 Å². The van der Waals surface area contributed by atoms with E-state index in [1.54, 1.807) is 30.0 Å². The summed E-state index contributed by atoms with van der Waals surface area (Å²) in [6.07, 6.45) is 0. The zero-order valence-corrected chi connectivity index (χ0v) is 19.1. The number of rotatable bonds is 9. The monoisotopic (exact) mass is 491 g/mol. The third-order valence-electron chi connectivity index (χ3n) is 4.20. The molecule has 1 aliphatic rings. The first-order chi connectivity index (χ1) is 14.4. The second kappa shape index (κ2) is 10.7. The molecule has 0 saturated carbocycles. The van der Waals surface area contributed by atoms with Crippen molar-refractivity contribution in [2.24, 2.45) is 0 Å². The van der Waals surface area contributed by atoms with Gasteiger partial charge in [-0.2, -0.15) is 0 Å². The number of ether oxygens (including phenoxy) is 3. The van der Waals surface area contributed by atoms with Crippen LogP contribution >= 0.6 is 46.6 Å². The summed E-state index contributed by atoms with van der Waals surface area (Å²) >= 11 is 19.7. The molecular weight excluding hydrogens is 473 g/mol. The fourth-order valence-electron chi connectivity index (χ4n) is 2.84. The van der Waals surface area contributed by atoms with Crippen molar-refractivity contribution in [3.8, 4) is 17.2 Å². The number of aliphatic carboxylic acids is 1. The van der Waals surface area contributed by atoms with Gasteiger partial charge in [0.1, 0.15) is 19.3 Å². The maximum atomic E-state index is 11.2. The molecule has 2 atom stereocenters. The van der Waals surface area contributed by atoms with Crippen LogP contribution in [0.5, 0.6) is 17.2 Å². The first-order valence-corrected chi connectivity index (χ1v) is 11.3. The molecule has 1 saturated heterocycles. The molecule has 0 aromatic heterocycles. The second-order valence-corrected chi connectivity index (χ2v) is 8.69. The first-order valence-electron chi connectivity index (χ1n) is 9.16. The van der Waals surface area contributed by atoms with Gasteiger partial charge in [0.2, 0.25) is 0 Å². The van der Waals surface area contributed by atoms with Crippen LogP contribution in [0.25, 0.3) is 0 Å². The molecule has 2 aromatic carbocycles. The minimum atomic E-state index is -0.851. The molecule has 30 heavy (non-hydrogen) atoms. The topological polar surface area (TPSA) is 77.0 Å². The van der Waals surface area contributed by atoms with Crippen LogP contribution in [0.15, 0.2) is 30.3 Å². The highest BCUT2D eigenvalue weighted by atomic mass is 35.5. The predicted octanol–water partition coefficient (Wildman–Crippen LogP) is 5.29. The van der Waals surface area contributed by atoms with Crippen LogP contribution in [0.3, 0.4) is 0 Å². The fourth-order valence-corrected chi connectivity index (χ4v) is 4.99. The number of thioether (sulfide) groups is 1. The van der Waals surface area contributed by atoms with Gasteiger partial charge >= 0.3 is 5.97 Å². The lowest BCUT2D eigenvalue weighted by atomic mass is 10.2. The van der Waals surface area contributed by atoms with Gasteiger partial charge in [-0.25, -0.2) is 0 Å². The van der Waals surface area contributed by atoms with Gasteiger partial charge in [0.05, 0.1) is 22.0 Å². The van der Waals surface area contributed by atoms with Crippen molar-refractivity contribution in [1.29, 1.82) is 0 Å². The van der Waals surface area contributed by atoms with Crippen molar-refractivity contribution in [1.82, 2.24) is 5.32 Å². The Kier molecular flexibility index (Phi) is 8.25. The van der Waals surface area contributed by atoms with E-state index in [2.05, 4.69) is 5.32 Å². The predicted molar refractivity (Wildman–Crippen MR) is 120 cm³/mol. The molecule has 3 rings (SSSR count). The zero-order chi connectivity index (χ0) is 21.7. The molecule has 1 heterocycles. The molecule has 2 N–H and O–H groups in total. The second-order valence-electron chi connectivity index (χ2n) is 6.31. The molecule has 10 heteroatoms. The maximum Gasteiger partial charge on any atom is 0.321 e. The summed E-state index contributed by atoms with van der Waals surface area (Å²) < 4.78 is 17.1. The normalized spacial score (nSPS) is 18.3. The maximum absolute atomic E-state index is 11.2. The molecule has 6 nitrogen and oxygen atoms in total. The lowest BCUT2D eigenvalue weighted by molar-refractivity contribution is -0.138. The van der Waals surface area contributed by atoms with E-state index in [1.807, 2.05) is 19.1 Å². The number of benzene rings is 2. The van der Waals surface area contributed by atoms with Gasteiger partial charge in [0.25, 0.3) is 0 Å². The summed E-state index contributed by atoms with van der Waals surface area (Å²) in [5.74, 6) is 1.16. The van der Waals surface area contributed by atoms with Crippen molar-refractivity contribution >= 4 is 52.5 Å². The Morgan fingerprint density at radius 2 is 1.80 bits per heavy atom. The van der Waals surface area contributed by atoms with E-state index >= 15 is 0 Å². The number of hydrogen-bond acceptors (Lipinski definition) is 6. The lowest BCUT2D eigenvalue weighted by Gasteiger charge is -2.17. The van der Waals surface area contributed by atoms with E-state index in [0.29, 0.717) is 44.7 Å². The summed E-state index contributed by atoms with van der Waals surface area (Å²) in [6.45, 7) is 2.81. The molecule has 1 fully saturated rings. The molecule has 1 aliphatic heterocycles. The molecule has 0 amide bonds. The molecule has 2 unspecified atom stereocenters. The molecule has 0 spiro atoms. The van der Waals surface area contributed by atoms with Gasteiger partial charge in [0.15, 0.2) is 17.2 Å². The SMILES string of the molecule is CCOc1cc(C2NC(C(=O)O)CS2)ccc1OCCOc1c(Cl)cc(Cl)cc1Cl. The van der Waals surface area contributed by atoms with Crippen LogP contribution in [0.4, 0.5) is 0 Å². The minimum absolute atomic E-state index is 0.114. The Labute approximate surface area is 193 Å². The first kappa shape index (κ1) is 23.2. The van der Waals surface area contributed by atoms with Gasteiger partial charge in [-0.1, -0.05) is 40.9 Å². The summed E-state index contributed by atoms with van der Waals surface area (Å²) in [7, 11) is 0. The summed E-state index contributed by atoms with van der Waals surface area (Å²) in [5, 5.41) is 13.2. The Morgan fingerprint density at radius 3 is 2.43 bits per heavy atom. The van der Waals surface area contributed by atoms with E-state index < -0.39 is 12.0 Å². The molecule has 0 aliphatic carbocycles. The Bertz CT molecular complexity index is 891. The standard InChI is InChI=1S/C20H20Cl3NO5S/c1-2-27-17-7-11(19-24-15(10-30-19)20(25)26)3-4-16(17)28-5-6-29-18-13(22)8-12(21)9-14(18)23/h3-4,7-9,15,19,24H,2,5-6,10H2,1H3,(H,25,26). The minimum Gasteiger partial charge on any atom is -0.490 e. The fraction of sp³-hybridized carbons (Fsp3) is 0.350. The van der Waals surface area contributed by atoms with Gasteiger partial charge in [-0.05, 0) is 36.8 Å². The molecule has 0 bridgehead atoms. The van der Waals surface area contributed by atoms with Crippen LogP contribution in [0.1, 0.15) is 17.9 Å². The summed E-state index contributed by atoms with van der Waals surface area (Å²) in [6, 6.07) is 8.11. The van der Waals surface area contributed by atoms with Crippen LogP contribution in [-0.2, 0) is 4.79 Å². The van der Waals surface area contributed by atoms with E-state index in [1.165, 1.54) is 0 Å². The molecule has 0 radical (unpaired) electrons. The van der Waals surface area contributed by atoms with Crippen LogP contribution < -0.4 is 19.5 Å². The third kappa shape index (κ3) is 5.80. The average molecular weight is 493 g/mol. The number of carboxylic acids is 1. The van der Waals surface area contributed by atoms with Gasteiger partial charge in [-0.3, -0.25) is 10.1 Å². The van der Waals surface area contributed by atoms with Crippen molar-refractivity contribution in [2.75, 3.05) is 25.6 Å². The van der Waals surface area contributed by atoms with Crippen molar-refractivity contribution < 1.29 is 24.1 Å². The molecule has 162 valence electrons. The highest BCUT2D eigenvalue weighted by molar-refractivity contribution is 7.99. The highest BCUT2D eigenvalue weighted by Crippen LogP contribution is 2.38. The largest absolute Gasteiger partial charge is 0.490 e. The van der Waals surface area contributed by atoms with Crippen molar-refractivity contribution in [2.45, 2.75) is 18.3 Å². The van der Waals surface area contributed by atoms with Gasteiger partial charge in [0, 0.05) is 10.8 Å². The number of nitrogens with one attached hydrogen (secondary N) is 1. The Balaban J connectivity index is 1.61. The number of carboxylic acid groups (broad SMARTS) is 1. The smallest absolute Gasteiger partial charge is 0.321 e. The zero-order valence-electron chi connectivity index (χ0n) is 16.0. The Morgan fingerprint density at radius 1 is 1.10 bits per heavy atom. The van der Waals surface area contributed by atoms with E-state index in [4.69, 9.17) is 54.1 Å². The third-order valence-corrected chi connectivity index (χ3v) is 6.25. The van der Waals surface area contributed by atoms with E-state index in [0.717, 1.165) is 5.56 Å². The summed E-state index contributed by atoms with van der Waals surface area (Å²) in [4.78, 5) is 11.2. The highest BCUT2D eigenvalue weighted by Gasteiger charge is 2.30. The van der Waals surface area contributed by atoms with Gasteiger partial charge < -0.3 is 19.3 Å². The summed E-state index contributed by atoms with van der Waals surface area (Å²) in [5.41, 5.74) is 0.926. The van der Waals surface area contributed by atoms with E-state index in [-0.39, 0.29) is 18.6 Å². The van der Waals surface area contributed by atoms with Crippen LogP contribution in [0.2, 0.25) is 15.1 Å². The molecular formula is C20H20Cl3NO5S. The quantitative estimate of drug-likeness (QED) is 0.460. The van der Waals surface area contributed by atoms with Crippen LogP contribution in [0, 0.1) is 0 Å². The van der Waals surface area contributed by atoms with Crippen molar-refractivity contribution in [3.05, 3.63) is 51.0 Å². The number of hydrogen-bond donors (Lipinski definition) is 2. The van der Waals surface area contributed by atoms with Crippen LogP contribution in [-0.4, -0.2) is 42.7 Å². The van der Waals surface area contributed by atoms with Crippen molar-refractivity contribution in [3.63, 3.8) is 0 Å². The number of carbonyl (C=O) groups is 1. The lowest BCUT2D eigenvalue weighted by Crippen LogP contribution is -2.33. The van der Waals surface area contributed by atoms with Gasteiger partial charge in [-0.15, -0.1) is 11.8 Å². The molecule has 2 aromatic rings. The Hall–Kier alpha value is -1.51.